The summed E-state index contributed by atoms with van der Waals surface area (Å²) in [6.45, 7) is 1.36. The molecule has 8 nitrogen and oxygen atoms in total. The van der Waals surface area contributed by atoms with Gasteiger partial charge in [0.15, 0.2) is 17.0 Å². The lowest BCUT2D eigenvalue weighted by molar-refractivity contribution is -0.274. The summed E-state index contributed by atoms with van der Waals surface area (Å²) in [4.78, 5) is 12.5. The zero-order valence-electron chi connectivity index (χ0n) is 17.1. The Morgan fingerprint density at radius 2 is 2.00 bits per heavy atom. The molecular weight excluding hydrogens is 432 g/mol. The van der Waals surface area contributed by atoms with Crippen molar-refractivity contribution in [1.29, 1.82) is 5.26 Å². The van der Waals surface area contributed by atoms with E-state index in [1.54, 1.807) is 0 Å². The molecule has 168 valence electrons. The molecule has 3 rings (SSSR count). The van der Waals surface area contributed by atoms with Crippen LogP contribution < -0.4 is 25.0 Å². The number of carbonyl (C=O) groups excluding carboxylic acids is 1. The van der Waals surface area contributed by atoms with Gasteiger partial charge >= 0.3 is 13.8 Å². The van der Waals surface area contributed by atoms with Crippen LogP contribution in [-0.4, -0.2) is 44.1 Å². The molecule has 1 amide bonds. The van der Waals surface area contributed by atoms with E-state index in [0.29, 0.717) is 12.1 Å². The van der Waals surface area contributed by atoms with Crippen molar-refractivity contribution < 1.29 is 41.9 Å². The Morgan fingerprint density at radius 1 is 1.31 bits per heavy atom. The second-order valence-electron chi connectivity index (χ2n) is 7.15. The van der Waals surface area contributed by atoms with Gasteiger partial charge in [-0.2, -0.15) is 5.26 Å². The number of nitrogens with one attached hydrogen (secondary N) is 1. The summed E-state index contributed by atoms with van der Waals surface area (Å²) < 4.78 is 56.9. The van der Waals surface area contributed by atoms with E-state index in [4.69, 9.17) is 14.1 Å². The van der Waals surface area contributed by atoms with E-state index >= 15 is 0 Å². The van der Waals surface area contributed by atoms with Crippen molar-refractivity contribution in [2.45, 2.75) is 25.4 Å². The fourth-order valence-electron chi connectivity index (χ4n) is 3.07. The molecule has 0 aromatic heterocycles. The highest BCUT2D eigenvalue weighted by Crippen LogP contribution is 2.38. The van der Waals surface area contributed by atoms with E-state index in [-0.39, 0.29) is 36.9 Å². The number of fused-ring (bicyclic) bond motifs is 1. The molecule has 2 aromatic carbocycles. The number of aromatic hydroxyl groups is 1. The fourth-order valence-corrected chi connectivity index (χ4v) is 3.07. The minimum atomic E-state index is -4.85. The average Bonchev–Trinajstić information content (AvgIpc) is 3.19. The largest absolute Gasteiger partial charge is 0.573 e. The Kier molecular flexibility index (Phi) is 6.41. The summed E-state index contributed by atoms with van der Waals surface area (Å²) in [6, 6.07) is 7.63. The van der Waals surface area contributed by atoms with Gasteiger partial charge in [-0.3, -0.25) is 4.79 Å². The number of nitrogens with zero attached hydrogens (tertiary/aromatic N) is 1. The van der Waals surface area contributed by atoms with Gasteiger partial charge in [0.1, 0.15) is 12.4 Å². The van der Waals surface area contributed by atoms with Gasteiger partial charge < -0.3 is 29.3 Å². The molecule has 0 saturated heterocycles. The van der Waals surface area contributed by atoms with Crippen LogP contribution in [0.2, 0.25) is 0 Å². The average molecular weight is 450 g/mol. The number of phenolic OH excluding ortho intramolecular Hbond substituents is 1. The van der Waals surface area contributed by atoms with Gasteiger partial charge in [0.25, 0.3) is 5.91 Å². The van der Waals surface area contributed by atoms with Crippen LogP contribution in [0.3, 0.4) is 0 Å². The normalized spacial score (nSPS) is 14.4. The minimum absolute atomic E-state index is 0.00104. The van der Waals surface area contributed by atoms with Crippen LogP contribution in [0.15, 0.2) is 30.3 Å². The van der Waals surface area contributed by atoms with Gasteiger partial charge in [0, 0.05) is 5.56 Å². The summed E-state index contributed by atoms with van der Waals surface area (Å²) in [6.07, 6.45) is -4.85. The number of nitriles is 1. The first-order valence-electron chi connectivity index (χ1n) is 9.27. The maximum Gasteiger partial charge on any atom is 0.573 e. The fraction of sp³-hybridized carbons (Fsp3) is 0.300. The zero-order chi connectivity index (χ0) is 23.5. The van der Waals surface area contributed by atoms with Gasteiger partial charge in [-0.25, -0.2) is 0 Å². The SMILES string of the molecule is COc1c2c(cc(O)c1OC[C@](C)(C#N)NC(=O)c1ccc(OC(F)(F)F)cc1)COB2. The first-order chi connectivity index (χ1) is 15.0. The lowest BCUT2D eigenvalue weighted by Gasteiger charge is -2.25. The third-order valence-electron chi connectivity index (χ3n) is 4.61. The summed E-state index contributed by atoms with van der Waals surface area (Å²) >= 11 is 0. The second-order valence-corrected chi connectivity index (χ2v) is 7.15. The van der Waals surface area contributed by atoms with E-state index in [1.165, 1.54) is 20.1 Å². The Morgan fingerprint density at radius 3 is 2.59 bits per heavy atom. The molecule has 0 unspecified atom stereocenters. The van der Waals surface area contributed by atoms with Gasteiger partial charge in [0.2, 0.25) is 5.75 Å². The number of benzene rings is 2. The molecule has 1 heterocycles. The monoisotopic (exact) mass is 450 g/mol. The molecule has 1 aliphatic rings. The van der Waals surface area contributed by atoms with Gasteiger partial charge in [0.05, 0.1) is 19.8 Å². The van der Waals surface area contributed by atoms with Gasteiger partial charge in [-0.05, 0) is 48.3 Å². The molecule has 0 aliphatic carbocycles. The first kappa shape index (κ1) is 23.1. The Bertz CT molecular complexity index is 1060. The second kappa shape index (κ2) is 8.88. The molecule has 2 aromatic rings. The minimum Gasteiger partial charge on any atom is -0.504 e. The van der Waals surface area contributed by atoms with Crippen molar-refractivity contribution in [3.8, 4) is 29.1 Å². The summed E-state index contributed by atoms with van der Waals surface area (Å²) in [5.41, 5.74) is -0.0631. The van der Waals surface area contributed by atoms with Crippen LogP contribution in [0.4, 0.5) is 13.2 Å². The van der Waals surface area contributed by atoms with Crippen molar-refractivity contribution >= 4 is 18.9 Å². The van der Waals surface area contributed by atoms with Crippen LogP contribution >= 0.6 is 0 Å². The molecule has 1 atom stereocenters. The van der Waals surface area contributed by atoms with Crippen LogP contribution in [-0.2, 0) is 11.3 Å². The van der Waals surface area contributed by atoms with E-state index in [1.807, 2.05) is 6.07 Å². The number of rotatable bonds is 7. The number of carbonyl (C=O) groups is 1. The quantitative estimate of drug-likeness (QED) is 0.621. The molecule has 0 bridgehead atoms. The van der Waals surface area contributed by atoms with Gasteiger partial charge in [-0.15, -0.1) is 13.2 Å². The maximum absolute atomic E-state index is 12.5. The highest BCUT2D eigenvalue weighted by Gasteiger charge is 2.32. The van der Waals surface area contributed by atoms with Crippen molar-refractivity contribution in [2.75, 3.05) is 13.7 Å². The number of hydrogen-bond acceptors (Lipinski definition) is 7. The topological polar surface area (TPSA) is 110 Å². The number of alkyl halides is 3. The molecule has 2 N–H and O–H groups in total. The predicted octanol–water partition coefficient (Wildman–Crippen LogP) is 1.90. The summed E-state index contributed by atoms with van der Waals surface area (Å²) in [7, 11) is 1.67. The molecule has 12 heteroatoms. The highest BCUT2D eigenvalue weighted by molar-refractivity contribution is 6.50. The van der Waals surface area contributed by atoms with Crippen LogP contribution in [0, 0.1) is 11.3 Å². The molecule has 0 radical (unpaired) electrons. The van der Waals surface area contributed by atoms with Crippen molar-refractivity contribution in [1.82, 2.24) is 5.32 Å². The highest BCUT2D eigenvalue weighted by atomic mass is 19.4. The summed E-state index contributed by atoms with van der Waals surface area (Å²) in [5, 5.41) is 22.3. The zero-order valence-corrected chi connectivity index (χ0v) is 17.1. The number of phenols is 1. The van der Waals surface area contributed by atoms with Crippen molar-refractivity contribution in [3.63, 3.8) is 0 Å². The number of ether oxygens (including phenoxy) is 3. The number of hydrogen-bond donors (Lipinski definition) is 2. The lowest BCUT2D eigenvalue weighted by Crippen LogP contribution is -2.49. The maximum atomic E-state index is 12.5. The number of amides is 1. The third-order valence-corrected chi connectivity index (χ3v) is 4.61. The van der Waals surface area contributed by atoms with Crippen molar-refractivity contribution in [2.24, 2.45) is 0 Å². The molecule has 0 spiro atoms. The number of methoxy groups -OCH3 is 1. The van der Waals surface area contributed by atoms with Crippen molar-refractivity contribution in [3.05, 3.63) is 41.5 Å². The van der Waals surface area contributed by atoms with Crippen LogP contribution in [0.5, 0.6) is 23.0 Å². The van der Waals surface area contributed by atoms with Gasteiger partial charge in [-0.1, -0.05) is 0 Å². The van der Waals surface area contributed by atoms with E-state index in [0.717, 1.165) is 29.8 Å². The number of halogens is 3. The molecule has 1 aliphatic heterocycles. The smallest absolute Gasteiger partial charge is 0.504 e. The predicted molar refractivity (Wildman–Crippen MR) is 106 cm³/mol. The Hall–Kier alpha value is -3.59. The molecule has 0 saturated carbocycles. The standard InChI is InChI=1S/C20H18BF3N2O6/c1-19(9-25,26-18(28)11-3-5-13(6-4-11)32-20(22,23)24)10-30-16-14(27)7-12-8-31-21-15(12)17(16)29-2/h3-7,21,27H,8,10H2,1-2H3,(H,26,28)/t19-/m0/s1. The van der Waals surface area contributed by atoms with Crippen LogP contribution in [0.1, 0.15) is 22.8 Å². The molecular formula is C20H18BF3N2O6. The van der Waals surface area contributed by atoms with E-state index in [9.17, 15) is 28.3 Å². The van der Waals surface area contributed by atoms with Crippen LogP contribution in [0.25, 0.3) is 0 Å². The van der Waals surface area contributed by atoms with E-state index < -0.39 is 23.6 Å². The first-order valence-corrected chi connectivity index (χ1v) is 9.27. The lowest BCUT2D eigenvalue weighted by atomic mass is 9.86. The van der Waals surface area contributed by atoms with E-state index in [2.05, 4.69) is 10.1 Å². The molecule has 32 heavy (non-hydrogen) atoms. The molecule has 0 fully saturated rings. The summed E-state index contributed by atoms with van der Waals surface area (Å²) in [5.74, 6) is -1.14. The third kappa shape index (κ3) is 5.18. The Labute approximate surface area is 181 Å². The Balaban J connectivity index is 1.72.